The molecule has 0 aliphatic heterocycles. The Labute approximate surface area is 520 Å². The molecule has 13 rings (SSSR count). The van der Waals surface area contributed by atoms with Gasteiger partial charge in [-0.25, -0.2) is 9.59 Å². The number of hydrogen-bond donors (Lipinski definition) is 0. The van der Waals surface area contributed by atoms with Crippen LogP contribution < -0.4 is 9.47 Å². The van der Waals surface area contributed by atoms with Crippen LogP contribution in [0.15, 0.2) is 291 Å². The lowest BCUT2D eigenvalue weighted by Crippen LogP contribution is -2.29. The highest BCUT2D eigenvalue weighted by molar-refractivity contribution is 5.94. The number of carbonyl (C=O) groups excluding carboxylic acids is 2. The van der Waals surface area contributed by atoms with E-state index in [4.69, 9.17) is 18.9 Å². The number of carbonyl (C=O) groups is 2. The largest absolute Gasteiger partial charge is 0.490 e. The van der Waals surface area contributed by atoms with Crippen molar-refractivity contribution >= 4 is 33.5 Å². The Hall–Kier alpha value is -10.8. The molecule has 0 spiro atoms. The summed E-state index contributed by atoms with van der Waals surface area (Å²) in [6.07, 6.45) is 1.26. The maximum absolute atomic E-state index is 12.3. The summed E-state index contributed by atoms with van der Waals surface area (Å²) in [4.78, 5) is 24.6. The molecule has 0 saturated heterocycles. The maximum Gasteiger partial charge on any atom is 0.333 e. The molecule has 1 aliphatic carbocycles. The van der Waals surface area contributed by atoms with Crippen LogP contribution in [0.1, 0.15) is 58.4 Å². The minimum absolute atomic E-state index is 0.0998. The molecule has 0 saturated carbocycles. The van der Waals surface area contributed by atoms with Gasteiger partial charge in [-0.05, 0) is 196 Å². The van der Waals surface area contributed by atoms with E-state index in [2.05, 4.69) is 256 Å². The second kappa shape index (κ2) is 25.3. The van der Waals surface area contributed by atoms with Crippen LogP contribution in [-0.2, 0) is 37.3 Å². The fraction of sp³-hybridized carbons (Fsp3) is 0.108. The highest BCUT2D eigenvalue weighted by Crippen LogP contribution is 2.58. The Balaban J connectivity index is 1.01. The van der Waals surface area contributed by atoms with E-state index in [1.54, 1.807) is 13.8 Å². The summed E-state index contributed by atoms with van der Waals surface area (Å²) in [5, 5.41) is 4.76. The van der Waals surface area contributed by atoms with Gasteiger partial charge in [-0.1, -0.05) is 219 Å². The van der Waals surface area contributed by atoms with Gasteiger partial charge in [0.15, 0.2) is 0 Å². The topological polar surface area (TPSA) is 71.1 Å². The van der Waals surface area contributed by atoms with E-state index in [9.17, 15) is 9.59 Å². The highest BCUT2D eigenvalue weighted by Gasteiger charge is 2.47. The first-order chi connectivity index (χ1) is 43.5. The van der Waals surface area contributed by atoms with E-state index in [1.807, 2.05) is 24.3 Å². The molecule has 1 aliphatic rings. The normalized spacial score (nSPS) is 12.0. The standard InChI is InChI=1S/C83H66O6/c1-55(2)81(84)88-43-41-86-79-39-35-67(49-71(79)45-57-17-7-5-8-18-57)63-25-15-27-73(51-63)83(74-28-16-26-64(52-74)68-36-40-80(87-42-44-89-82(85)56(3)4)72(50-68)46-58-19-9-6-10-20-58)77-53-69(65-31-29-59-21-11-13-23-61(59)47-65)33-37-75(77)76-38-34-70(54-78(76)83)66-32-30-60-22-12-14-24-62(60)48-66/h5-40,47-54H,1,3,41-46H2,2,4H3. The van der Waals surface area contributed by atoms with Crippen molar-refractivity contribution in [1.82, 2.24) is 0 Å². The zero-order valence-corrected chi connectivity index (χ0v) is 50.0. The first kappa shape index (κ1) is 57.3. The molecule has 0 heterocycles. The van der Waals surface area contributed by atoms with Crippen molar-refractivity contribution in [3.8, 4) is 67.1 Å². The van der Waals surface area contributed by atoms with Crippen molar-refractivity contribution in [3.63, 3.8) is 0 Å². The van der Waals surface area contributed by atoms with Gasteiger partial charge in [-0.3, -0.25) is 0 Å². The van der Waals surface area contributed by atoms with Gasteiger partial charge < -0.3 is 18.9 Å². The average molecular weight is 1160 g/mol. The van der Waals surface area contributed by atoms with Crippen molar-refractivity contribution in [2.45, 2.75) is 32.1 Å². The summed E-state index contributed by atoms with van der Waals surface area (Å²) < 4.78 is 23.7. The molecule has 89 heavy (non-hydrogen) atoms. The summed E-state index contributed by atoms with van der Waals surface area (Å²) in [7, 11) is 0. The van der Waals surface area contributed by atoms with Crippen molar-refractivity contribution in [1.29, 1.82) is 0 Å². The third-order valence-corrected chi connectivity index (χ3v) is 17.0. The van der Waals surface area contributed by atoms with Crippen LogP contribution in [0.5, 0.6) is 11.5 Å². The van der Waals surface area contributed by atoms with E-state index < -0.39 is 17.4 Å². The Morgan fingerprint density at radius 3 is 1.12 bits per heavy atom. The molecule has 12 aromatic carbocycles. The summed E-state index contributed by atoms with van der Waals surface area (Å²) in [6, 6.07) is 96.8. The first-order valence-corrected chi connectivity index (χ1v) is 30.3. The SMILES string of the molecule is C=C(C)C(=O)OCCOc1ccc(-c2cccc(C3(c4cccc(-c5ccc(OCCOC(=O)C(=C)C)c(Cc6ccccc6)c5)c4)c4cc(-c5ccc6ccccc6c5)ccc4-c4ccc(-c5ccc6ccccc6c5)cc43)c2)cc1Cc1ccccc1. The molecular formula is C83H66O6. The molecule has 434 valence electrons. The van der Waals surface area contributed by atoms with Gasteiger partial charge >= 0.3 is 11.9 Å². The average Bonchev–Trinajstić information content (AvgIpc) is 1.56. The summed E-state index contributed by atoms with van der Waals surface area (Å²) in [5.41, 5.74) is 19.8. The molecule has 6 nitrogen and oxygen atoms in total. The van der Waals surface area contributed by atoms with Crippen LogP contribution in [-0.4, -0.2) is 38.4 Å². The molecule has 0 aromatic heterocycles. The quantitative estimate of drug-likeness (QED) is 0.0430. The van der Waals surface area contributed by atoms with Gasteiger partial charge in [0.1, 0.15) is 37.9 Å². The summed E-state index contributed by atoms with van der Waals surface area (Å²) in [6.45, 7) is 11.3. The van der Waals surface area contributed by atoms with E-state index in [-0.39, 0.29) is 26.4 Å². The zero-order chi connectivity index (χ0) is 60.8. The second-order valence-corrected chi connectivity index (χ2v) is 23.1. The van der Waals surface area contributed by atoms with Crippen LogP contribution in [0, 0.1) is 0 Å². The van der Waals surface area contributed by atoms with Crippen LogP contribution in [0.4, 0.5) is 0 Å². The minimum Gasteiger partial charge on any atom is -0.490 e. The van der Waals surface area contributed by atoms with Crippen LogP contribution in [0.3, 0.4) is 0 Å². The highest BCUT2D eigenvalue weighted by atomic mass is 16.6. The van der Waals surface area contributed by atoms with E-state index in [0.29, 0.717) is 24.0 Å². The van der Waals surface area contributed by atoms with Gasteiger partial charge in [0, 0.05) is 24.0 Å². The maximum atomic E-state index is 12.3. The number of esters is 2. The van der Waals surface area contributed by atoms with E-state index >= 15 is 0 Å². The molecule has 12 aromatic rings. The van der Waals surface area contributed by atoms with Gasteiger partial charge in [-0.2, -0.15) is 0 Å². The van der Waals surface area contributed by atoms with Crippen molar-refractivity contribution < 1.29 is 28.5 Å². The van der Waals surface area contributed by atoms with Crippen LogP contribution in [0.25, 0.3) is 77.2 Å². The monoisotopic (exact) mass is 1160 g/mol. The zero-order valence-electron chi connectivity index (χ0n) is 50.0. The number of fused-ring (bicyclic) bond motifs is 5. The van der Waals surface area contributed by atoms with Gasteiger partial charge in [-0.15, -0.1) is 0 Å². The summed E-state index contributed by atoms with van der Waals surface area (Å²) >= 11 is 0. The lowest BCUT2D eigenvalue weighted by molar-refractivity contribution is -0.140. The fourth-order valence-electron chi connectivity index (χ4n) is 12.6. The molecule has 0 unspecified atom stereocenters. The summed E-state index contributed by atoms with van der Waals surface area (Å²) in [5.74, 6) is 0.576. The molecule has 6 heteroatoms. The number of hydrogen-bond acceptors (Lipinski definition) is 6. The van der Waals surface area contributed by atoms with Crippen molar-refractivity contribution in [2.75, 3.05) is 26.4 Å². The molecule has 0 amide bonds. The molecular weight excluding hydrogens is 1090 g/mol. The Morgan fingerprint density at radius 1 is 0.337 bits per heavy atom. The van der Waals surface area contributed by atoms with Crippen molar-refractivity contribution in [2.24, 2.45) is 0 Å². The van der Waals surface area contributed by atoms with E-state index in [1.165, 1.54) is 43.8 Å². The lowest BCUT2D eigenvalue weighted by atomic mass is 9.66. The van der Waals surface area contributed by atoms with E-state index in [0.717, 1.165) is 89.4 Å². The molecule has 0 bridgehead atoms. The smallest absolute Gasteiger partial charge is 0.333 e. The number of rotatable bonds is 20. The number of ether oxygens (including phenoxy) is 4. The molecule has 0 atom stereocenters. The van der Waals surface area contributed by atoms with Crippen LogP contribution in [0.2, 0.25) is 0 Å². The third kappa shape index (κ3) is 11.9. The molecule has 0 N–H and O–H groups in total. The minimum atomic E-state index is -0.870. The van der Waals surface area contributed by atoms with Gasteiger partial charge in [0.05, 0.1) is 5.41 Å². The first-order valence-electron chi connectivity index (χ1n) is 30.3. The van der Waals surface area contributed by atoms with Gasteiger partial charge in [0.2, 0.25) is 0 Å². The van der Waals surface area contributed by atoms with Crippen LogP contribution >= 0.6 is 0 Å². The Bertz CT molecular complexity index is 4370. The Morgan fingerprint density at radius 2 is 0.697 bits per heavy atom. The molecule has 0 fully saturated rings. The van der Waals surface area contributed by atoms with Crippen molar-refractivity contribution in [3.05, 3.63) is 336 Å². The molecule has 0 radical (unpaired) electrons. The Kier molecular flexibility index (Phi) is 16.2. The third-order valence-electron chi connectivity index (χ3n) is 17.0. The van der Waals surface area contributed by atoms with Gasteiger partial charge in [0.25, 0.3) is 0 Å². The predicted molar refractivity (Wildman–Crippen MR) is 362 cm³/mol. The lowest BCUT2D eigenvalue weighted by Gasteiger charge is -2.35. The second-order valence-electron chi connectivity index (χ2n) is 23.1. The predicted octanol–water partition coefficient (Wildman–Crippen LogP) is 19.2. The number of benzene rings is 12. The fourth-order valence-corrected chi connectivity index (χ4v) is 12.6.